The molecule has 1 saturated heterocycles. The number of piperidine rings is 1. The number of hydrogen-bond donors (Lipinski definition) is 2. The number of halogens is 1. The van der Waals surface area contributed by atoms with Gasteiger partial charge in [-0.2, -0.15) is 0 Å². The van der Waals surface area contributed by atoms with Gasteiger partial charge < -0.3 is 20.4 Å². The Morgan fingerprint density at radius 3 is 2.62 bits per heavy atom. The third-order valence-corrected chi connectivity index (χ3v) is 4.19. The molecular formula is C16H20FN5O2. The van der Waals surface area contributed by atoms with Crippen molar-refractivity contribution in [1.29, 1.82) is 0 Å². The van der Waals surface area contributed by atoms with Crippen molar-refractivity contribution < 1.29 is 13.6 Å². The van der Waals surface area contributed by atoms with Gasteiger partial charge >= 0.3 is 12.0 Å². The van der Waals surface area contributed by atoms with Gasteiger partial charge in [-0.1, -0.05) is 17.2 Å². The Bertz CT molecular complexity index is 680. The molecule has 0 unspecified atom stereocenters. The number of urea groups is 1. The Balaban J connectivity index is 1.41. The van der Waals surface area contributed by atoms with Crippen molar-refractivity contribution in [2.24, 2.45) is 0 Å². The predicted octanol–water partition coefficient (Wildman–Crippen LogP) is 1.92. The van der Waals surface area contributed by atoms with Gasteiger partial charge in [-0.25, -0.2) is 9.18 Å². The van der Waals surface area contributed by atoms with Gasteiger partial charge in [0.2, 0.25) is 5.89 Å². The normalized spacial score (nSPS) is 15.5. The van der Waals surface area contributed by atoms with Crippen LogP contribution >= 0.6 is 0 Å². The molecule has 1 aromatic heterocycles. The molecule has 0 aliphatic carbocycles. The number of nitrogens with one attached hydrogen (secondary N) is 1. The minimum Gasteiger partial charge on any atom is -0.408 e. The number of carbonyl (C=O) groups is 1. The molecule has 2 amide bonds. The molecule has 0 saturated carbocycles. The highest BCUT2D eigenvalue weighted by atomic mass is 19.1. The Morgan fingerprint density at radius 1 is 1.29 bits per heavy atom. The fourth-order valence-electron chi connectivity index (χ4n) is 2.82. The van der Waals surface area contributed by atoms with Gasteiger partial charge in [-0.15, -0.1) is 5.10 Å². The maximum absolute atomic E-state index is 12.8. The molecule has 0 atom stereocenters. The van der Waals surface area contributed by atoms with E-state index >= 15 is 0 Å². The summed E-state index contributed by atoms with van der Waals surface area (Å²) >= 11 is 0. The van der Waals surface area contributed by atoms with E-state index in [0.29, 0.717) is 31.9 Å². The second-order valence-electron chi connectivity index (χ2n) is 5.85. The summed E-state index contributed by atoms with van der Waals surface area (Å²) in [6.45, 7) is 1.79. The third kappa shape index (κ3) is 4.01. The maximum Gasteiger partial charge on any atom is 0.317 e. The summed E-state index contributed by atoms with van der Waals surface area (Å²) in [4.78, 5) is 14.0. The standard InChI is InChI=1S/C16H20FN5O2/c17-13-3-1-11(2-4-13)5-8-19-16(23)22-9-6-12(7-10-22)14-20-21-15(18)24-14/h1-4,12H,5-10H2,(H2,18,21)(H,19,23). The summed E-state index contributed by atoms with van der Waals surface area (Å²) < 4.78 is 18.1. The fourth-order valence-corrected chi connectivity index (χ4v) is 2.82. The minimum absolute atomic E-state index is 0.0750. The summed E-state index contributed by atoms with van der Waals surface area (Å²) in [5.74, 6) is 0.440. The molecule has 1 aromatic carbocycles. The van der Waals surface area contributed by atoms with Gasteiger partial charge in [0.15, 0.2) is 0 Å². The van der Waals surface area contributed by atoms with Crippen LogP contribution in [0.5, 0.6) is 0 Å². The molecule has 1 aliphatic rings. The number of aromatic nitrogens is 2. The smallest absolute Gasteiger partial charge is 0.317 e. The van der Waals surface area contributed by atoms with Gasteiger partial charge in [0, 0.05) is 25.6 Å². The molecule has 24 heavy (non-hydrogen) atoms. The topological polar surface area (TPSA) is 97.3 Å². The van der Waals surface area contributed by atoms with Crippen molar-refractivity contribution in [1.82, 2.24) is 20.4 Å². The van der Waals surface area contributed by atoms with Gasteiger partial charge in [0.05, 0.1) is 0 Å². The summed E-state index contributed by atoms with van der Waals surface area (Å²) in [7, 11) is 0. The number of hydrogen-bond acceptors (Lipinski definition) is 5. The van der Waals surface area contributed by atoms with Crippen LogP contribution in [0, 0.1) is 5.82 Å². The molecule has 2 heterocycles. The Hall–Kier alpha value is -2.64. The SMILES string of the molecule is Nc1nnc(C2CCN(C(=O)NCCc3ccc(F)cc3)CC2)o1. The summed E-state index contributed by atoms with van der Waals surface area (Å²) in [6, 6.07) is 6.29. The van der Waals surface area contributed by atoms with Crippen LogP contribution in [-0.4, -0.2) is 40.8 Å². The zero-order valence-electron chi connectivity index (χ0n) is 13.2. The molecule has 0 bridgehead atoms. The number of nitrogens with zero attached hydrogens (tertiary/aromatic N) is 3. The van der Waals surface area contributed by atoms with Crippen LogP contribution < -0.4 is 11.1 Å². The first-order chi connectivity index (χ1) is 11.6. The summed E-state index contributed by atoms with van der Waals surface area (Å²) in [6.07, 6.45) is 2.21. The number of amides is 2. The zero-order chi connectivity index (χ0) is 16.9. The largest absolute Gasteiger partial charge is 0.408 e. The number of likely N-dealkylation sites (tertiary alicyclic amines) is 1. The lowest BCUT2D eigenvalue weighted by Gasteiger charge is -2.30. The Morgan fingerprint density at radius 2 is 2.00 bits per heavy atom. The summed E-state index contributed by atoms with van der Waals surface area (Å²) in [5.41, 5.74) is 6.43. The maximum atomic E-state index is 12.8. The molecule has 3 rings (SSSR count). The van der Waals surface area contributed by atoms with E-state index in [4.69, 9.17) is 10.2 Å². The lowest BCUT2D eigenvalue weighted by atomic mass is 9.97. The van der Waals surface area contributed by atoms with Gasteiger partial charge in [0.25, 0.3) is 0 Å². The van der Waals surface area contributed by atoms with Crippen molar-refractivity contribution in [3.63, 3.8) is 0 Å². The Kier molecular flexibility index (Phi) is 4.93. The quantitative estimate of drug-likeness (QED) is 0.891. The number of nitrogens with two attached hydrogens (primary N) is 1. The monoisotopic (exact) mass is 333 g/mol. The molecule has 8 heteroatoms. The highest BCUT2D eigenvalue weighted by Gasteiger charge is 2.26. The molecule has 1 aliphatic heterocycles. The molecular weight excluding hydrogens is 313 g/mol. The first-order valence-corrected chi connectivity index (χ1v) is 7.98. The average Bonchev–Trinajstić information content (AvgIpc) is 3.03. The van der Waals surface area contributed by atoms with E-state index in [0.717, 1.165) is 18.4 Å². The molecule has 7 nitrogen and oxygen atoms in total. The molecule has 1 fully saturated rings. The highest BCUT2D eigenvalue weighted by molar-refractivity contribution is 5.74. The van der Waals surface area contributed by atoms with E-state index in [-0.39, 0.29) is 23.8 Å². The van der Waals surface area contributed by atoms with Crippen molar-refractivity contribution in [3.8, 4) is 0 Å². The van der Waals surface area contributed by atoms with E-state index in [2.05, 4.69) is 15.5 Å². The number of nitrogen functional groups attached to an aromatic ring is 1. The second-order valence-corrected chi connectivity index (χ2v) is 5.85. The third-order valence-electron chi connectivity index (χ3n) is 4.19. The van der Waals surface area contributed by atoms with Crippen molar-refractivity contribution in [2.45, 2.75) is 25.2 Å². The first-order valence-electron chi connectivity index (χ1n) is 7.98. The van der Waals surface area contributed by atoms with E-state index in [1.807, 2.05) is 0 Å². The second kappa shape index (κ2) is 7.29. The molecule has 0 radical (unpaired) electrons. The Labute approximate surface area is 139 Å². The van der Waals surface area contributed by atoms with Gasteiger partial charge in [-0.3, -0.25) is 0 Å². The zero-order valence-corrected chi connectivity index (χ0v) is 13.2. The van der Waals surface area contributed by atoms with Crippen molar-refractivity contribution >= 4 is 12.0 Å². The summed E-state index contributed by atoms with van der Waals surface area (Å²) in [5, 5.41) is 10.5. The highest BCUT2D eigenvalue weighted by Crippen LogP contribution is 2.27. The van der Waals surface area contributed by atoms with E-state index < -0.39 is 0 Å². The lowest BCUT2D eigenvalue weighted by molar-refractivity contribution is 0.177. The van der Waals surface area contributed by atoms with Crippen LogP contribution in [0.3, 0.4) is 0 Å². The first kappa shape index (κ1) is 16.2. The minimum atomic E-state index is -0.256. The van der Waals surface area contributed by atoms with E-state index in [1.165, 1.54) is 12.1 Å². The van der Waals surface area contributed by atoms with Crippen molar-refractivity contribution in [3.05, 3.63) is 41.5 Å². The van der Waals surface area contributed by atoms with E-state index in [9.17, 15) is 9.18 Å². The van der Waals surface area contributed by atoms with Crippen LogP contribution in [0.2, 0.25) is 0 Å². The fraction of sp³-hybridized carbons (Fsp3) is 0.438. The molecule has 0 spiro atoms. The van der Waals surface area contributed by atoms with Gasteiger partial charge in [-0.05, 0) is 37.0 Å². The van der Waals surface area contributed by atoms with Crippen LogP contribution in [0.1, 0.15) is 30.2 Å². The number of benzene rings is 1. The number of carbonyl (C=O) groups excluding carboxylic acids is 1. The lowest BCUT2D eigenvalue weighted by Crippen LogP contribution is -2.44. The van der Waals surface area contributed by atoms with Crippen LogP contribution in [0.25, 0.3) is 0 Å². The molecule has 2 aromatic rings. The van der Waals surface area contributed by atoms with E-state index in [1.54, 1.807) is 17.0 Å². The van der Waals surface area contributed by atoms with Crippen LogP contribution in [0.4, 0.5) is 15.2 Å². The molecule has 3 N–H and O–H groups in total. The number of anilines is 1. The average molecular weight is 333 g/mol. The molecule has 128 valence electrons. The van der Waals surface area contributed by atoms with Crippen molar-refractivity contribution in [2.75, 3.05) is 25.4 Å². The van der Waals surface area contributed by atoms with Crippen LogP contribution in [0.15, 0.2) is 28.7 Å². The number of rotatable bonds is 4. The van der Waals surface area contributed by atoms with Gasteiger partial charge in [0.1, 0.15) is 5.82 Å². The van der Waals surface area contributed by atoms with Crippen LogP contribution in [-0.2, 0) is 6.42 Å². The predicted molar refractivity (Wildman–Crippen MR) is 85.8 cm³/mol.